The highest BCUT2D eigenvalue weighted by molar-refractivity contribution is 5.78. The SMILES string of the molecule is CCN(CC(=O)NC(C)C)C(c1ccccc1F)C(C)N. The van der Waals surface area contributed by atoms with Crippen LogP contribution in [-0.4, -0.2) is 36.0 Å². The molecular formula is C16H26FN3O. The summed E-state index contributed by atoms with van der Waals surface area (Å²) < 4.78 is 14.1. The first-order chi connectivity index (χ1) is 9.86. The molecule has 1 aromatic rings. The highest BCUT2D eigenvalue weighted by Gasteiger charge is 2.27. The van der Waals surface area contributed by atoms with Crippen molar-refractivity contribution in [1.82, 2.24) is 10.2 Å². The van der Waals surface area contributed by atoms with E-state index in [1.165, 1.54) is 6.07 Å². The van der Waals surface area contributed by atoms with E-state index < -0.39 is 0 Å². The molecule has 21 heavy (non-hydrogen) atoms. The quantitative estimate of drug-likeness (QED) is 0.809. The molecule has 0 aliphatic carbocycles. The fourth-order valence-corrected chi connectivity index (χ4v) is 2.49. The Kier molecular flexibility index (Phi) is 6.78. The normalized spacial score (nSPS) is 14.3. The van der Waals surface area contributed by atoms with Crippen molar-refractivity contribution in [3.63, 3.8) is 0 Å². The van der Waals surface area contributed by atoms with E-state index in [0.29, 0.717) is 12.1 Å². The van der Waals surface area contributed by atoms with Gasteiger partial charge in [-0.25, -0.2) is 4.39 Å². The van der Waals surface area contributed by atoms with Crippen LogP contribution in [0.25, 0.3) is 0 Å². The molecule has 0 aliphatic heterocycles. The van der Waals surface area contributed by atoms with Gasteiger partial charge in [0.2, 0.25) is 5.91 Å². The molecule has 0 radical (unpaired) electrons. The van der Waals surface area contributed by atoms with Crippen LogP contribution < -0.4 is 11.1 Å². The molecule has 1 amide bonds. The number of nitrogens with one attached hydrogen (secondary N) is 1. The average Bonchev–Trinajstić information content (AvgIpc) is 2.38. The molecule has 2 atom stereocenters. The maximum absolute atomic E-state index is 14.1. The van der Waals surface area contributed by atoms with Crippen molar-refractivity contribution in [3.8, 4) is 0 Å². The lowest BCUT2D eigenvalue weighted by molar-refractivity contribution is -0.123. The highest BCUT2D eigenvalue weighted by Crippen LogP contribution is 2.25. The Hall–Kier alpha value is -1.46. The molecule has 1 aromatic carbocycles. The third-order valence-electron chi connectivity index (χ3n) is 3.32. The first kappa shape index (κ1) is 17.6. The predicted octanol–water partition coefficient (Wildman–Crippen LogP) is 2.06. The molecule has 1 rings (SSSR count). The number of benzene rings is 1. The van der Waals surface area contributed by atoms with Crippen LogP contribution in [0.3, 0.4) is 0 Å². The number of hydrogen-bond acceptors (Lipinski definition) is 3. The van der Waals surface area contributed by atoms with Gasteiger partial charge in [-0.3, -0.25) is 9.69 Å². The first-order valence-electron chi connectivity index (χ1n) is 7.40. The van der Waals surface area contributed by atoms with Crippen LogP contribution in [0.5, 0.6) is 0 Å². The molecule has 0 saturated heterocycles. The molecule has 0 spiro atoms. The Morgan fingerprint density at radius 2 is 1.95 bits per heavy atom. The maximum Gasteiger partial charge on any atom is 0.234 e. The lowest BCUT2D eigenvalue weighted by Gasteiger charge is -2.33. The van der Waals surface area contributed by atoms with E-state index in [1.807, 2.05) is 32.6 Å². The number of nitrogens with two attached hydrogens (primary N) is 1. The van der Waals surface area contributed by atoms with Gasteiger partial charge in [0.1, 0.15) is 5.82 Å². The standard InChI is InChI=1S/C16H26FN3O/c1-5-20(10-15(21)19-11(2)3)16(12(4)18)13-8-6-7-9-14(13)17/h6-9,11-12,16H,5,10,18H2,1-4H3,(H,19,21). The Bertz CT molecular complexity index is 463. The minimum atomic E-state index is -0.325. The van der Waals surface area contributed by atoms with Gasteiger partial charge in [0, 0.05) is 17.6 Å². The lowest BCUT2D eigenvalue weighted by atomic mass is 9.98. The molecule has 118 valence electrons. The van der Waals surface area contributed by atoms with Crippen LogP contribution in [0.2, 0.25) is 0 Å². The van der Waals surface area contributed by atoms with Crippen LogP contribution in [0.1, 0.15) is 39.3 Å². The summed E-state index contributed by atoms with van der Waals surface area (Å²) in [6.07, 6.45) is 0. The van der Waals surface area contributed by atoms with E-state index in [2.05, 4.69) is 5.32 Å². The summed E-state index contributed by atoms with van der Waals surface area (Å²) in [7, 11) is 0. The molecule has 5 heteroatoms. The molecule has 2 unspecified atom stereocenters. The van der Waals surface area contributed by atoms with Gasteiger partial charge in [-0.2, -0.15) is 0 Å². The minimum absolute atomic E-state index is 0.0751. The minimum Gasteiger partial charge on any atom is -0.353 e. The number of hydrogen-bond donors (Lipinski definition) is 2. The summed E-state index contributed by atoms with van der Waals surface area (Å²) in [5.74, 6) is -0.364. The third kappa shape index (κ3) is 5.10. The van der Waals surface area contributed by atoms with E-state index in [4.69, 9.17) is 5.73 Å². The van der Waals surface area contributed by atoms with Crippen molar-refractivity contribution in [2.75, 3.05) is 13.1 Å². The van der Waals surface area contributed by atoms with E-state index in [9.17, 15) is 9.18 Å². The lowest BCUT2D eigenvalue weighted by Crippen LogP contribution is -2.46. The Balaban J connectivity index is 2.97. The number of amides is 1. The van der Waals surface area contributed by atoms with Crippen LogP contribution in [0, 0.1) is 5.82 Å². The summed E-state index contributed by atoms with van der Waals surface area (Å²) in [5.41, 5.74) is 6.58. The number of nitrogens with zero attached hydrogens (tertiary/aromatic N) is 1. The molecule has 3 N–H and O–H groups in total. The van der Waals surface area contributed by atoms with Crippen molar-refractivity contribution >= 4 is 5.91 Å². The van der Waals surface area contributed by atoms with Crippen molar-refractivity contribution < 1.29 is 9.18 Å². The summed E-state index contributed by atoms with van der Waals surface area (Å²) in [5, 5.41) is 2.85. The average molecular weight is 295 g/mol. The second kappa shape index (κ2) is 8.10. The summed E-state index contributed by atoms with van der Waals surface area (Å²) >= 11 is 0. The number of carbonyl (C=O) groups excluding carboxylic acids is 1. The zero-order valence-corrected chi connectivity index (χ0v) is 13.3. The van der Waals surface area contributed by atoms with Gasteiger partial charge in [0.25, 0.3) is 0 Å². The van der Waals surface area contributed by atoms with Gasteiger partial charge in [-0.15, -0.1) is 0 Å². The number of rotatable bonds is 7. The molecular weight excluding hydrogens is 269 g/mol. The Morgan fingerprint density at radius 3 is 2.43 bits per heavy atom. The second-order valence-corrected chi connectivity index (χ2v) is 5.61. The summed E-state index contributed by atoms with van der Waals surface area (Å²) in [4.78, 5) is 13.9. The van der Waals surface area contributed by atoms with E-state index >= 15 is 0 Å². The fourth-order valence-electron chi connectivity index (χ4n) is 2.49. The molecule has 0 saturated carbocycles. The molecule has 0 aromatic heterocycles. The third-order valence-corrected chi connectivity index (χ3v) is 3.32. The predicted molar refractivity (Wildman–Crippen MR) is 83.3 cm³/mol. The van der Waals surface area contributed by atoms with Crippen molar-refractivity contribution in [2.45, 2.75) is 45.8 Å². The monoisotopic (exact) mass is 295 g/mol. The second-order valence-electron chi connectivity index (χ2n) is 5.61. The largest absolute Gasteiger partial charge is 0.353 e. The zero-order chi connectivity index (χ0) is 16.0. The first-order valence-corrected chi connectivity index (χ1v) is 7.40. The van der Waals surface area contributed by atoms with Gasteiger partial charge >= 0.3 is 0 Å². The number of likely N-dealkylation sites (N-methyl/N-ethyl adjacent to an activating group) is 1. The smallest absolute Gasteiger partial charge is 0.234 e. The fraction of sp³-hybridized carbons (Fsp3) is 0.562. The van der Waals surface area contributed by atoms with Gasteiger partial charge in [-0.05, 0) is 33.4 Å². The Morgan fingerprint density at radius 1 is 1.33 bits per heavy atom. The highest BCUT2D eigenvalue weighted by atomic mass is 19.1. The molecule has 0 heterocycles. The van der Waals surface area contributed by atoms with E-state index in [-0.39, 0.29) is 36.4 Å². The van der Waals surface area contributed by atoms with Gasteiger partial charge in [0.15, 0.2) is 0 Å². The molecule has 0 fully saturated rings. The van der Waals surface area contributed by atoms with Crippen molar-refractivity contribution in [3.05, 3.63) is 35.6 Å². The van der Waals surface area contributed by atoms with Crippen molar-refractivity contribution in [1.29, 1.82) is 0 Å². The molecule has 0 aliphatic rings. The van der Waals surface area contributed by atoms with Gasteiger partial charge in [-0.1, -0.05) is 25.1 Å². The summed E-state index contributed by atoms with van der Waals surface area (Å²) in [6.45, 7) is 8.42. The van der Waals surface area contributed by atoms with Crippen LogP contribution in [-0.2, 0) is 4.79 Å². The van der Waals surface area contributed by atoms with Crippen LogP contribution in [0.4, 0.5) is 4.39 Å². The zero-order valence-electron chi connectivity index (χ0n) is 13.3. The topological polar surface area (TPSA) is 58.4 Å². The van der Waals surface area contributed by atoms with Gasteiger partial charge in [0.05, 0.1) is 12.6 Å². The molecule has 0 bridgehead atoms. The Labute approximate surface area is 126 Å². The van der Waals surface area contributed by atoms with Crippen molar-refractivity contribution in [2.24, 2.45) is 5.73 Å². The van der Waals surface area contributed by atoms with E-state index in [0.717, 1.165) is 0 Å². The number of carbonyl (C=O) groups is 1. The van der Waals surface area contributed by atoms with E-state index in [1.54, 1.807) is 18.2 Å². The maximum atomic E-state index is 14.1. The van der Waals surface area contributed by atoms with Crippen LogP contribution >= 0.6 is 0 Å². The van der Waals surface area contributed by atoms with Gasteiger partial charge < -0.3 is 11.1 Å². The molecule has 4 nitrogen and oxygen atoms in total. The number of halogens is 1. The summed E-state index contributed by atoms with van der Waals surface area (Å²) in [6, 6.07) is 6.06. The van der Waals surface area contributed by atoms with Crippen LogP contribution in [0.15, 0.2) is 24.3 Å².